The second kappa shape index (κ2) is 11.7. The zero-order valence-electron chi connectivity index (χ0n) is 25.1. The lowest BCUT2D eigenvalue weighted by atomic mass is 9.91. The number of nitrogens with zero attached hydrogens (tertiary/aromatic N) is 1. The van der Waals surface area contributed by atoms with E-state index in [1.54, 1.807) is 0 Å². The second-order valence-corrected chi connectivity index (χ2v) is 14.2. The molecule has 0 amide bonds. The lowest BCUT2D eigenvalue weighted by Crippen LogP contribution is -2.24. The van der Waals surface area contributed by atoms with Gasteiger partial charge in [-0.3, -0.25) is 0 Å². The lowest BCUT2D eigenvalue weighted by Gasteiger charge is -2.20. The van der Waals surface area contributed by atoms with Crippen molar-refractivity contribution in [3.63, 3.8) is 0 Å². The summed E-state index contributed by atoms with van der Waals surface area (Å²) in [6, 6.07) is 61.9. The Morgan fingerprint density at radius 2 is 0.826 bits per heavy atom. The summed E-state index contributed by atoms with van der Waals surface area (Å²) in [5.41, 5.74) is 7.41. The summed E-state index contributed by atoms with van der Waals surface area (Å²) in [5.74, 6) is 0. The van der Waals surface area contributed by atoms with E-state index in [0.717, 1.165) is 54.6 Å². The van der Waals surface area contributed by atoms with E-state index in [0.29, 0.717) is 0 Å². The maximum Gasteiger partial charge on any atom is 0.171 e. The van der Waals surface area contributed by atoms with Crippen LogP contribution in [0.1, 0.15) is 0 Å². The van der Waals surface area contributed by atoms with Gasteiger partial charge in [0.15, 0.2) is 7.14 Å². The molecule has 218 valence electrons. The number of aromatic nitrogens is 1. The summed E-state index contributed by atoms with van der Waals surface area (Å²) in [4.78, 5) is 5.40. The molecule has 1 aromatic heterocycles. The third kappa shape index (κ3) is 4.76. The van der Waals surface area contributed by atoms with Crippen LogP contribution in [0.5, 0.6) is 0 Å². The minimum Gasteiger partial charge on any atom is -0.309 e. The number of benzene rings is 7. The Morgan fingerprint density at radius 3 is 1.41 bits per heavy atom. The summed E-state index contributed by atoms with van der Waals surface area (Å²) in [6.45, 7) is 0. The van der Waals surface area contributed by atoms with Crippen molar-refractivity contribution in [3.05, 3.63) is 182 Å². The van der Waals surface area contributed by atoms with E-state index in [1.165, 1.54) is 16.5 Å². The zero-order chi connectivity index (χ0) is 30.9. The fraction of sp³-hybridized carbons (Fsp3) is 0. The van der Waals surface area contributed by atoms with Crippen LogP contribution in [0.3, 0.4) is 0 Å². The molecule has 7 aromatic carbocycles. The van der Waals surface area contributed by atoms with E-state index in [4.69, 9.17) is 4.98 Å². The summed E-state index contributed by atoms with van der Waals surface area (Å²) in [7, 11) is -3.07. The van der Waals surface area contributed by atoms with Gasteiger partial charge in [-0.05, 0) is 16.7 Å². The highest BCUT2D eigenvalue weighted by Gasteiger charge is 2.29. The highest BCUT2D eigenvalue weighted by molar-refractivity contribution is 7.85. The van der Waals surface area contributed by atoms with E-state index in [-0.39, 0.29) is 0 Å². The summed E-state index contributed by atoms with van der Waals surface area (Å²) >= 11 is 0. The number of pyridine rings is 1. The fourth-order valence-electron chi connectivity index (χ4n) is 6.56. The van der Waals surface area contributed by atoms with Crippen LogP contribution in [0.25, 0.3) is 55.2 Å². The second-order valence-electron chi connectivity index (χ2n) is 11.4. The Morgan fingerprint density at radius 1 is 0.370 bits per heavy atom. The smallest absolute Gasteiger partial charge is 0.171 e. The first-order chi connectivity index (χ1) is 22.7. The number of hydrogen-bond donors (Lipinski definition) is 0. The monoisotopic (exact) mass is 607 g/mol. The van der Waals surface area contributed by atoms with Crippen molar-refractivity contribution in [3.8, 4) is 33.5 Å². The van der Waals surface area contributed by atoms with Gasteiger partial charge in [0.1, 0.15) is 0 Å². The minimum atomic E-state index is -3.07. The molecular formula is C43H30NOP. The molecule has 8 aromatic rings. The molecule has 0 unspecified atom stereocenters. The van der Waals surface area contributed by atoms with Gasteiger partial charge in [-0.1, -0.05) is 182 Å². The molecule has 0 saturated heterocycles. The molecule has 0 atom stereocenters. The quantitative estimate of drug-likeness (QED) is 0.139. The van der Waals surface area contributed by atoms with Crippen molar-refractivity contribution in [1.82, 2.24) is 4.98 Å². The number of para-hydroxylation sites is 1. The first-order valence-electron chi connectivity index (χ1n) is 15.5. The Balaban J connectivity index is 1.36. The Bertz CT molecular complexity index is 2310. The van der Waals surface area contributed by atoms with Gasteiger partial charge in [-0.2, -0.15) is 0 Å². The first kappa shape index (κ1) is 28.0. The molecule has 0 spiro atoms. The normalized spacial score (nSPS) is 11.6. The van der Waals surface area contributed by atoms with E-state index < -0.39 is 7.14 Å². The van der Waals surface area contributed by atoms with Gasteiger partial charge in [0.2, 0.25) is 0 Å². The highest BCUT2D eigenvalue weighted by Crippen LogP contribution is 2.44. The van der Waals surface area contributed by atoms with Crippen LogP contribution in [-0.2, 0) is 4.57 Å². The van der Waals surface area contributed by atoms with E-state index in [1.807, 2.05) is 78.9 Å². The molecule has 8 rings (SSSR count). The molecule has 1 heterocycles. The molecular weight excluding hydrogens is 577 g/mol. The van der Waals surface area contributed by atoms with E-state index >= 15 is 0 Å². The average molecular weight is 608 g/mol. The molecule has 0 N–H and O–H groups in total. The van der Waals surface area contributed by atoms with Crippen molar-refractivity contribution in [2.24, 2.45) is 0 Å². The van der Waals surface area contributed by atoms with Gasteiger partial charge >= 0.3 is 0 Å². The Labute approximate surface area is 269 Å². The maximum absolute atomic E-state index is 15.0. The number of fused-ring (bicyclic) bond motifs is 3. The summed E-state index contributed by atoms with van der Waals surface area (Å²) < 4.78 is 15.0. The molecule has 0 fully saturated rings. The third-order valence-corrected chi connectivity index (χ3v) is 11.8. The molecule has 0 radical (unpaired) electrons. The standard InChI is InChI=1S/C43H30NOP/c45-46(34-19-9-3-10-20-34,35-21-11-4-12-22-35)36-29-27-32(28-30-36)38-24-14-26-40-41-37(31-15-5-1-6-16-31)23-13-25-39(41)42(44-43(38)40)33-17-7-2-8-18-33/h1-30H. The van der Waals surface area contributed by atoms with Crippen molar-refractivity contribution >= 4 is 44.7 Å². The molecule has 2 nitrogen and oxygen atoms in total. The highest BCUT2D eigenvalue weighted by atomic mass is 31.2. The van der Waals surface area contributed by atoms with Crippen LogP contribution in [0.4, 0.5) is 0 Å². The van der Waals surface area contributed by atoms with Crippen LogP contribution >= 0.6 is 7.14 Å². The van der Waals surface area contributed by atoms with E-state index in [2.05, 4.69) is 103 Å². The lowest BCUT2D eigenvalue weighted by molar-refractivity contribution is 0.592. The number of rotatable bonds is 6. The predicted octanol–water partition coefficient (Wildman–Crippen LogP) is 10.0. The average Bonchev–Trinajstić information content (AvgIpc) is 3.15. The summed E-state index contributed by atoms with van der Waals surface area (Å²) in [6.07, 6.45) is 0. The first-order valence-corrected chi connectivity index (χ1v) is 17.2. The molecule has 0 aliphatic heterocycles. The SMILES string of the molecule is O=P(c1ccccc1)(c1ccccc1)c1ccc(-c2cccc3c2nc(-c2ccccc2)c2cccc(-c4ccccc4)c23)cc1. The van der Waals surface area contributed by atoms with Crippen LogP contribution in [0.15, 0.2) is 182 Å². The molecule has 3 heteroatoms. The number of hydrogen-bond acceptors (Lipinski definition) is 2. The van der Waals surface area contributed by atoms with Crippen molar-refractivity contribution in [1.29, 1.82) is 0 Å². The molecule has 0 bridgehead atoms. The maximum atomic E-state index is 15.0. The van der Waals surface area contributed by atoms with Gasteiger partial charge < -0.3 is 4.57 Å². The largest absolute Gasteiger partial charge is 0.309 e. The van der Waals surface area contributed by atoms with Gasteiger partial charge in [-0.15, -0.1) is 0 Å². The predicted molar refractivity (Wildman–Crippen MR) is 195 cm³/mol. The van der Waals surface area contributed by atoms with Gasteiger partial charge in [0.25, 0.3) is 0 Å². The Hall–Kier alpha value is -5.56. The van der Waals surface area contributed by atoms with Crippen LogP contribution in [0.2, 0.25) is 0 Å². The third-order valence-electron chi connectivity index (χ3n) is 8.76. The van der Waals surface area contributed by atoms with Crippen molar-refractivity contribution < 1.29 is 4.57 Å². The van der Waals surface area contributed by atoms with Crippen LogP contribution in [-0.4, -0.2) is 4.98 Å². The topological polar surface area (TPSA) is 30.0 Å². The Kier molecular flexibility index (Phi) is 7.14. The molecule has 46 heavy (non-hydrogen) atoms. The van der Waals surface area contributed by atoms with Crippen LogP contribution < -0.4 is 15.9 Å². The fourth-order valence-corrected chi connectivity index (χ4v) is 9.21. The molecule has 0 aliphatic rings. The molecule has 0 aliphatic carbocycles. The zero-order valence-corrected chi connectivity index (χ0v) is 26.0. The van der Waals surface area contributed by atoms with Crippen molar-refractivity contribution in [2.45, 2.75) is 0 Å². The minimum absolute atomic E-state index is 0.809. The van der Waals surface area contributed by atoms with Crippen LogP contribution in [0, 0.1) is 0 Å². The van der Waals surface area contributed by atoms with E-state index in [9.17, 15) is 4.57 Å². The van der Waals surface area contributed by atoms with Gasteiger partial charge in [0, 0.05) is 43.2 Å². The van der Waals surface area contributed by atoms with Gasteiger partial charge in [-0.25, -0.2) is 4.98 Å². The summed E-state index contributed by atoms with van der Waals surface area (Å²) in [5, 5.41) is 5.88. The van der Waals surface area contributed by atoms with Crippen molar-refractivity contribution in [2.75, 3.05) is 0 Å². The van der Waals surface area contributed by atoms with Gasteiger partial charge in [0.05, 0.1) is 11.2 Å². The molecule has 0 saturated carbocycles.